The maximum Gasteiger partial charge on any atom is 0.0873 e. The summed E-state index contributed by atoms with van der Waals surface area (Å²) in [5, 5.41) is 0. The van der Waals surface area contributed by atoms with E-state index in [1.165, 1.54) is 89.0 Å². The first kappa shape index (κ1) is 23.5. The second-order valence-corrected chi connectivity index (χ2v) is 7.52. The zero-order chi connectivity index (χ0) is 19.3. The first-order valence-electron chi connectivity index (χ1n) is 11.4. The summed E-state index contributed by atoms with van der Waals surface area (Å²) in [5.74, 6) is 0. The first-order valence-corrected chi connectivity index (χ1v) is 11.4. The highest BCUT2D eigenvalue weighted by Gasteiger charge is 1.92. The lowest BCUT2D eigenvalue weighted by Gasteiger charge is -2.02. The predicted octanol–water partition coefficient (Wildman–Crippen LogP) is 8.71. The molecule has 0 N–H and O–H groups in total. The zero-order valence-electron chi connectivity index (χ0n) is 17.7. The van der Waals surface area contributed by atoms with E-state index in [0.717, 1.165) is 13.0 Å². The minimum absolute atomic E-state index is 0.838. The van der Waals surface area contributed by atoms with E-state index in [-0.39, 0.29) is 0 Å². The van der Waals surface area contributed by atoms with Crippen LogP contribution >= 0.6 is 0 Å². The van der Waals surface area contributed by atoms with Gasteiger partial charge in [-0.15, -0.1) is 0 Å². The van der Waals surface area contributed by atoms with Crippen LogP contribution in [0.3, 0.4) is 0 Å². The minimum atomic E-state index is 0.838. The molecule has 0 aliphatic carbocycles. The molecule has 1 heteroatoms. The SMILES string of the molecule is CCCCCCCC/C=C\CCCCCCCCOC=Cc1ccccc1. The molecule has 0 atom stereocenters. The van der Waals surface area contributed by atoms with Gasteiger partial charge < -0.3 is 4.74 Å². The van der Waals surface area contributed by atoms with E-state index in [1.807, 2.05) is 30.5 Å². The van der Waals surface area contributed by atoms with Crippen LogP contribution in [0.1, 0.15) is 102 Å². The average Bonchev–Trinajstić information content (AvgIpc) is 2.70. The molecule has 0 aromatic heterocycles. The van der Waals surface area contributed by atoms with E-state index < -0.39 is 0 Å². The monoisotopic (exact) mass is 370 g/mol. The van der Waals surface area contributed by atoms with Gasteiger partial charge in [-0.3, -0.25) is 0 Å². The fourth-order valence-corrected chi connectivity index (χ4v) is 3.19. The number of benzene rings is 1. The summed E-state index contributed by atoms with van der Waals surface area (Å²) >= 11 is 0. The van der Waals surface area contributed by atoms with Crippen LogP contribution in [0.4, 0.5) is 0 Å². The van der Waals surface area contributed by atoms with Gasteiger partial charge in [0.25, 0.3) is 0 Å². The van der Waals surface area contributed by atoms with Crippen LogP contribution in [0.5, 0.6) is 0 Å². The maximum absolute atomic E-state index is 5.57. The van der Waals surface area contributed by atoms with Gasteiger partial charge in [0.1, 0.15) is 0 Å². The molecule has 152 valence electrons. The van der Waals surface area contributed by atoms with E-state index >= 15 is 0 Å². The lowest BCUT2D eigenvalue weighted by molar-refractivity contribution is 0.243. The second-order valence-electron chi connectivity index (χ2n) is 7.52. The molecule has 0 heterocycles. The molecule has 0 fully saturated rings. The third-order valence-corrected chi connectivity index (χ3v) is 4.93. The van der Waals surface area contributed by atoms with Crippen molar-refractivity contribution < 1.29 is 4.74 Å². The summed E-state index contributed by atoms with van der Waals surface area (Å²) in [6.07, 6.45) is 27.5. The smallest absolute Gasteiger partial charge is 0.0873 e. The quantitative estimate of drug-likeness (QED) is 0.143. The number of hydrogen-bond donors (Lipinski definition) is 0. The van der Waals surface area contributed by atoms with Gasteiger partial charge in [-0.05, 0) is 43.7 Å². The standard InChI is InChI=1S/C26H42O/c1-2-3-4-5-6-7-8-9-10-11-12-13-14-15-16-20-24-27-25-23-26-21-18-17-19-22-26/h9-10,17-19,21-23,25H,2-8,11-16,20,24H2,1H3/b10-9-,25-23?. The van der Waals surface area contributed by atoms with E-state index in [4.69, 9.17) is 4.74 Å². The van der Waals surface area contributed by atoms with E-state index in [9.17, 15) is 0 Å². The molecule has 0 unspecified atom stereocenters. The minimum Gasteiger partial charge on any atom is -0.501 e. The van der Waals surface area contributed by atoms with Gasteiger partial charge in [-0.1, -0.05) is 107 Å². The van der Waals surface area contributed by atoms with E-state index in [0.29, 0.717) is 0 Å². The Labute approximate surface area is 168 Å². The van der Waals surface area contributed by atoms with Crippen molar-refractivity contribution in [1.82, 2.24) is 0 Å². The largest absolute Gasteiger partial charge is 0.501 e. The Balaban J connectivity index is 1.76. The molecule has 1 aromatic rings. The van der Waals surface area contributed by atoms with Gasteiger partial charge in [0.05, 0.1) is 12.9 Å². The summed E-state index contributed by atoms with van der Waals surface area (Å²) < 4.78 is 5.57. The molecular weight excluding hydrogens is 328 g/mol. The summed E-state index contributed by atoms with van der Waals surface area (Å²) in [4.78, 5) is 0. The van der Waals surface area contributed by atoms with Crippen molar-refractivity contribution in [2.45, 2.75) is 96.8 Å². The molecule has 0 aliphatic rings. The Kier molecular flexibility index (Phi) is 16.8. The van der Waals surface area contributed by atoms with Crippen molar-refractivity contribution in [3.05, 3.63) is 54.3 Å². The number of rotatable bonds is 18. The Morgan fingerprint density at radius 3 is 1.85 bits per heavy atom. The van der Waals surface area contributed by atoms with E-state index in [1.54, 1.807) is 0 Å². The fourth-order valence-electron chi connectivity index (χ4n) is 3.19. The number of unbranched alkanes of at least 4 members (excludes halogenated alkanes) is 12. The summed E-state index contributed by atoms with van der Waals surface area (Å²) in [6, 6.07) is 10.3. The summed E-state index contributed by atoms with van der Waals surface area (Å²) in [6.45, 7) is 3.12. The molecule has 0 spiro atoms. The van der Waals surface area contributed by atoms with Gasteiger partial charge >= 0.3 is 0 Å². The molecule has 0 saturated carbocycles. The Morgan fingerprint density at radius 2 is 1.22 bits per heavy atom. The first-order chi connectivity index (χ1) is 13.4. The summed E-state index contributed by atoms with van der Waals surface area (Å²) in [5.41, 5.74) is 1.19. The molecular formula is C26H42O. The molecule has 1 nitrogen and oxygen atoms in total. The van der Waals surface area contributed by atoms with Crippen LogP contribution in [0.25, 0.3) is 6.08 Å². The lowest BCUT2D eigenvalue weighted by Crippen LogP contribution is -1.88. The molecule has 0 radical (unpaired) electrons. The van der Waals surface area contributed by atoms with Gasteiger partial charge in [0.2, 0.25) is 0 Å². The molecule has 0 saturated heterocycles. The number of ether oxygens (including phenoxy) is 1. The van der Waals surface area contributed by atoms with Gasteiger partial charge in [0.15, 0.2) is 0 Å². The van der Waals surface area contributed by atoms with Crippen molar-refractivity contribution in [2.75, 3.05) is 6.61 Å². The molecule has 1 aromatic carbocycles. The fraction of sp³-hybridized carbons (Fsp3) is 0.615. The zero-order valence-corrected chi connectivity index (χ0v) is 17.7. The van der Waals surface area contributed by atoms with Gasteiger partial charge in [-0.25, -0.2) is 0 Å². The highest BCUT2D eigenvalue weighted by Crippen LogP contribution is 2.10. The highest BCUT2D eigenvalue weighted by molar-refractivity contribution is 5.47. The van der Waals surface area contributed by atoms with Crippen LogP contribution in [-0.2, 0) is 4.74 Å². The van der Waals surface area contributed by atoms with Crippen LogP contribution in [0.15, 0.2) is 48.7 Å². The topological polar surface area (TPSA) is 9.23 Å². The van der Waals surface area contributed by atoms with E-state index in [2.05, 4.69) is 31.2 Å². The molecule has 0 aliphatic heterocycles. The van der Waals surface area contributed by atoms with Crippen LogP contribution in [0.2, 0.25) is 0 Å². The second kappa shape index (κ2) is 19.3. The van der Waals surface area contributed by atoms with Crippen LogP contribution in [-0.4, -0.2) is 6.61 Å². The molecule has 27 heavy (non-hydrogen) atoms. The lowest BCUT2D eigenvalue weighted by atomic mass is 10.1. The van der Waals surface area contributed by atoms with Crippen LogP contribution in [0, 0.1) is 0 Å². The molecule has 0 amide bonds. The number of allylic oxidation sites excluding steroid dienone is 2. The summed E-state index contributed by atoms with van der Waals surface area (Å²) in [7, 11) is 0. The normalized spacial score (nSPS) is 11.6. The highest BCUT2D eigenvalue weighted by atomic mass is 16.5. The van der Waals surface area contributed by atoms with Gasteiger partial charge in [0, 0.05) is 0 Å². The average molecular weight is 371 g/mol. The third kappa shape index (κ3) is 16.4. The molecule has 1 rings (SSSR count). The Bertz CT molecular complexity index is 460. The third-order valence-electron chi connectivity index (χ3n) is 4.93. The Morgan fingerprint density at radius 1 is 0.667 bits per heavy atom. The maximum atomic E-state index is 5.57. The number of hydrogen-bond acceptors (Lipinski definition) is 1. The van der Waals surface area contributed by atoms with Crippen molar-refractivity contribution >= 4 is 6.08 Å². The Hall–Kier alpha value is -1.50. The van der Waals surface area contributed by atoms with Gasteiger partial charge in [-0.2, -0.15) is 0 Å². The van der Waals surface area contributed by atoms with Crippen molar-refractivity contribution in [1.29, 1.82) is 0 Å². The predicted molar refractivity (Wildman–Crippen MR) is 121 cm³/mol. The molecule has 0 bridgehead atoms. The van der Waals surface area contributed by atoms with Crippen molar-refractivity contribution in [3.8, 4) is 0 Å². The van der Waals surface area contributed by atoms with Crippen molar-refractivity contribution in [3.63, 3.8) is 0 Å². The van der Waals surface area contributed by atoms with Crippen LogP contribution < -0.4 is 0 Å². The van der Waals surface area contributed by atoms with Crippen molar-refractivity contribution in [2.24, 2.45) is 0 Å².